The smallest absolute Gasteiger partial charge is 0.253 e. The van der Waals surface area contributed by atoms with Gasteiger partial charge in [0.2, 0.25) is 0 Å². The number of benzene rings is 1. The molecule has 1 amide bonds. The fraction of sp³-hybridized carbons (Fsp3) is 0.462. The molecule has 0 atom stereocenters. The van der Waals surface area contributed by atoms with Crippen LogP contribution >= 0.6 is 11.6 Å². The lowest BCUT2D eigenvalue weighted by molar-refractivity contribution is 0.0423. The van der Waals surface area contributed by atoms with Crippen LogP contribution in [-0.4, -0.2) is 24.7 Å². The highest BCUT2D eigenvalue weighted by molar-refractivity contribution is 6.31. The zero-order chi connectivity index (χ0) is 13.2. The Labute approximate surface area is 111 Å². The number of nitrogens with one attached hydrogen (secondary N) is 1. The summed E-state index contributed by atoms with van der Waals surface area (Å²) in [6.45, 7) is 3.36. The van der Waals surface area contributed by atoms with Crippen LogP contribution in [0.15, 0.2) is 18.2 Å². The lowest BCUT2D eigenvalue weighted by atomic mass is 9.92. The van der Waals surface area contributed by atoms with Crippen molar-refractivity contribution in [3.63, 3.8) is 0 Å². The Morgan fingerprint density at radius 2 is 2.11 bits per heavy atom. The fourth-order valence-corrected chi connectivity index (χ4v) is 2.19. The van der Waals surface area contributed by atoms with E-state index in [0.717, 1.165) is 12.8 Å². The Hall–Kier alpha value is -1.26. The van der Waals surface area contributed by atoms with E-state index in [1.165, 1.54) is 0 Å². The van der Waals surface area contributed by atoms with Crippen LogP contribution in [0.3, 0.4) is 0 Å². The molecule has 1 heterocycles. The molecule has 1 aromatic rings. The van der Waals surface area contributed by atoms with Crippen LogP contribution in [0.1, 0.15) is 30.1 Å². The number of anilines is 1. The van der Waals surface area contributed by atoms with Gasteiger partial charge in [-0.25, -0.2) is 0 Å². The Morgan fingerprint density at radius 3 is 2.78 bits per heavy atom. The van der Waals surface area contributed by atoms with Gasteiger partial charge >= 0.3 is 0 Å². The molecule has 18 heavy (non-hydrogen) atoms. The zero-order valence-corrected chi connectivity index (χ0v) is 11.1. The number of amides is 1. The van der Waals surface area contributed by atoms with Gasteiger partial charge in [-0.05, 0) is 38.0 Å². The topological polar surface area (TPSA) is 64.4 Å². The maximum Gasteiger partial charge on any atom is 0.253 e. The number of carbonyl (C=O) groups excluding carboxylic acids is 1. The van der Waals surface area contributed by atoms with Gasteiger partial charge in [-0.1, -0.05) is 11.6 Å². The van der Waals surface area contributed by atoms with Crippen molar-refractivity contribution >= 4 is 23.2 Å². The van der Waals surface area contributed by atoms with Gasteiger partial charge in [0, 0.05) is 29.5 Å². The summed E-state index contributed by atoms with van der Waals surface area (Å²) >= 11 is 5.88. The van der Waals surface area contributed by atoms with Gasteiger partial charge in [-0.3, -0.25) is 4.79 Å². The van der Waals surface area contributed by atoms with Crippen molar-refractivity contribution in [2.45, 2.75) is 25.3 Å². The molecule has 2 rings (SSSR count). The quantitative estimate of drug-likeness (QED) is 0.809. The number of hydrogen-bond acceptors (Lipinski definition) is 3. The SMILES string of the molecule is CC1(NC(=O)c2cc(Cl)ccc2N)CCOCC1. The summed E-state index contributed by atoms with van der Waals surface area (Å²) in [5, 5.41) is 3.53. The number of nitrogens with two attached hydrogens (primary N) is 1. The number of nitrogen functional groups attached to an aromatic ring is 1. The molecule has 5 heteroatoms. The highest BCUT2D eigenvalue weighted by Crippen LogP contribution is 2.23. The van der Waals surface area contributed by atoms with E-state index in [0.29, 0.717) is 29.5 Å². The standard InChI is InChI=1S/C13H17ClN2O2/c1-13(4-6-18-7-5-13)16-12(17)10-8-9(14)2-3-11(10)15/h2-3,8H,4-7,15H2,1H3,(H,16,17). The van der Waals surface area contributed by atoms with Crippen LogP contribution in [-0.2, 0) is 4.74 Å². The summed E-state index contributed by atoms with van der Waals surface area (Å²) in [6, 6.07) is 4.91. The molecule has 1 saturated heterocycles. The van der Waals surface area contributed by atoms with Crippen molar-refractivity contribution in [2.75, 3.05) is 18.9 Å². The molecule has 4 nitrogen and oxygen atoms in total. The molecule has 1 aliphatic rings. The van der Waals surface area contributed by atoms with Crippen molar-refractivity contribution < 1.29 is 9.53 Å². The van der Waals surface area contributed by atoms with Gasteiger partial charge in [0.25, 0.3) is 5.91 Å². The van der Waals surface area contributed by atoms with E-state index in [2.05, 4.69) is 5.32 Å². The van der Waals surface area contributed by atoms with E-state index in [9.17, 15) is 4.79 Å². The Morgan fingerprint density at radius 1 is 1.44 bits per heavy atom. The van der Waals surface area contributed by atoms with E-state index in [1.54, 1.807) is 18.2 Å². The van der Waals surface area contributed by atoms with Crippen LogP contribution in [0, 0.1) is 0 Å². The van der Waals surface area contributed by atoms with Gasteiger partial charge in [0.15, 0.2) is 0 Å². The third-order valence-corrected chi connectivity index (χ3v) is 3.51. The largest absolute Gasteiger partial charge is 0.398 e. The number of halogens is 1. The summed E-state index contributed by atoms with van der Waals surface area (Å²) in [5.74, 6) is -0.181. The molecule has 0 aliphatic carbocycles. The van der Waals surface area contributed by atoms with Gasteiger partial charge in [0.05, 0.1) is 5.56 Å². The molecular formula is C13H17ClN2O2. The Bertz CT molecular complexity index is 456. The molecule has 3 N–H and O–H groups in total. The second-order valence-corrected chi connectivity index (χ2v) is 5.30. The van der Waals surface area contributed by atoms with Crippen LogP contribution in [0.4, 0.5) is 5.69 Å². The lowest BCUT2D eigenvalue weighted by Gasteiger charge is -2.34. The molecule has 0 spiro atoms. The summed E-state index contributed by atoms with van der Waals surface area (Å²) < 4.78 is 5.30. The normalized spacial score (nSPS) is 18.3. The first-order valence-corrected chi connectivity index (χ1v) is 6.33. The van der Waals surface area contributed by atoms with Crippen molar-refractivity contribution in [3.05, 3.63) is 28.8 Å². The molecule has 0 bridgehead atoms. The minimum Gasteiger partial charge on any atom is -0.398 e. The maximum atomic E-state index is 12.2. The highest BCUT2D eigenvalue weighted by atomic mass is 35.5. The van der Waals surface area contributed by atoms with E-state index in [-0.39, 0.29) is 11.4 Å². The molecular weight excluding hydrogens is 252 g/mol. The predicted molar refractivity (Wildman–Crippen MR) is 71.8 cm³/mol. The van der Waals surface area contributed by atoms with Gasteiger partial charge in [-0.15, -0.1) is 0 Å². The number of carbonyl (C=O) groups is 1. The predicted octanol–water partition coefficient (Wildman–Crippen LogP) is 2.22. The van der Waals surface area contributed by atoms with Crippen molar-refractivity contribution in [3.8, 4) is 0 Å². The van der Waals surface area contributed by atoms with E-state index in [1.807, 2.05) is 6.92 Å². The average molecular weight is 269 g/mol. The van der Waals surface area contributed by atoms with Gasteiger partial charge < -0.3 is 15.8 Å². The zero-order valence-electron chi connectivity index (χ0n) is 10.3. The van der Waals surface area contributed by atoms with Crippen molar-refractivity contribution in [1.29, 1.82) is 0 Å². The fourth-order valence-electron chi connectivity index (χ4n) is 2.01. The third kappa shape index (κ3) is 2.94. The molecule has 0 aromatic heterocycles. The third-order valence-electron chi connectivity index (χ3n) is 3.27. The van der Waals surface area contributed by atoms with Crippen molar-refractivity contribution in [1.82, 2.24) is 5.32 Å². The second-order valence-electron chi connectivity index (χ2n) is 4.86. The van der Waals surface area contributed by atoms with Gasteiger partial charge in [0.1, 0.15) is 0 Å². The molecule has 0 unspecified atom stereocenters. The summed E-state index contributed by atoms with van der Waals surface area (Å²) in [5.41, 5.74) is 6.43. The Kier molecular flexibility index (Phi) is 3.78. The molecule has 1 aliphatic heterocycles. The molecule has 0 saturated carbocycles. The molecule has 98 valence electrons. The van der Waals surface area contributed by atoms with Crippen LogP contribution in [0.25, 0.3) is 0 Å². The second kappa shape index (κ2) is 5.16. The minimum atomic E-state index is -0.232. The number of hydrogen-bond donors (Lipinski definition) is 2. The molecule has 1 fully saturated rings. The molecule has 0 radical (unpaired) electrons. The first kappa shape index (κ1) is 13.2. The van der Waals surface area contributed by atoms with Gasteiger partial charge in [-0.2, -0.15) is 0 Å². The number of rotatable bonds is 2. The summed E-state index contributed by atoms with van der Waals surface area (Å²) in [4.78, 5) is 12.2. The van der Waals surface area contributed by atoms with Crippen LogP contribution < -0.4 is 11.1 Å². The monoisotopic (exact) mass is 268 g/mol. The average Bonchev–Trinajstić information content (AvgIpc) is 2.32. The van der Waals surface area contributed by atoms with Crippen molar-refractivity contribution in [2.24, 2.45) is 0 Å². The minimum absolute atomic E-state index is 0.181. The first-order valence-electron chi connectivity index (χ1n) is 5.95. The van der Waals surface area contributed by atoms with E-state index < -0.39 is 0 Å². The van der Waals surface area contributed by atoms with Crippen LogP contribution in [0.2, 0.25) is 5.02 Å². The number of ether oxygens (including phenoxy) is 1. The Balaban J connectivity index is 2.14. The lowest BCUT2D eigenvalue weighted by Crippen LogP contribution is -2.49. The highest BCUT2D eigenvalue weighted by Gasteiger charge is 2.29. The van der Waals surface area contributed by atoms with Crippen LogP contribution in [0.5, 0.6) is 0 Å². The first-order chi connectivity index (χ1) is 8.50. The summed E-state index contributed by atoms with van der Waals surface area (Å²) in [6.07, 6.45) is 1.61. The summed E-state index contributed by atoms with van der Waals surface area (Å²) in [7, 11) is 0. The molecule has 1 aromatic carbocycles. The maximum absolute atomic E-state index is 12.2. The van der Waals surface area contributed by atoms with E-state index >= 15 is 0 Å². The van der Waals surface area contributed by atoms with E-state index in [4.69, 9.17) is 22.1 Å².